The molecular formula is C25H28ClNO6. The van der Waals surface area contributed by atoms with E-state index in [0.29, 0.717) is 40.9 Å². The number of likely N-dealkylation sites (N-methyl/N-ethyl adjacent to an activating group) is 1. The van der Waals surface area contributed by atoms with Crippen molar-refractivity contribution in [1.29, 1.82) is 0 Å². The Kier molecular flexibility index (Phi) is 7.24. The van der Waals surface area contributed by atoms with E-state index in [1.807, 2.05) is 12.1 Å². The van der Waals surface area contributed by atoms with E-state index in [-0.39, 0.29) is 35.3 Å². The quantitative estimate of drug-likeness (QED) is 0.377. The molecule has 0 bridgehead atoms. The van der Waals surface area contributed by atoms with Crippen molar-refractivity contribution in [2.75, 3.05) is 40.7 Å². The minimum Gasteiger partial charge on any atom is -0.507 e. The summed E-state index contributed by atoms with van der Waals surface area (Å²) in [5.41, 5.74) is 1.33. The van der Waals surface area contributed by atoms with Crippen LogP contribution in [0, 0.1) is 0 Å². The van der Waals surface area contributed by atoms with Gasteiger partial charge in [0, 0.05) is 42.3 Å². The zero-order valence-electron chi connectivity index (χ0n) is 19.0. The molecule has 0 radical (unpaired) electrons. The lowest BCUT2D eigenvalue weighted by Crippen LogP contribution is -2.25. The van der Waals surface area contributed by atoms with Gasteiger partial charge in [-0.15, -0.1) is 0 Å². The average Bonchev–Trinajstić information content (AvgIpc) is 3.11. The van der Waals surface area contributed by atoms with Crippen LogP contribution in [0.5, 0.6) is 11.5 Å². The zero-order valence-corrected chi connectivity index (χ0v) is 19.7. The molecule has 1 saturated heterocycles. The fourth-order valence-electron chi connectivity index (χ4n) is 4.36. The van der Waals surface area contributed by atoms with E-state index in [4.69, 9.17) is 30.2 Å². The number of hydrogen-bond donors (Lipinski definition) is 1. The molecule has 8 heteroatoms. The Balaban J connectivity index is 1.89. The zero-order chi connectivity index (χ0) is 23.5. The van der Waals surface area contributed by atoms with Gasteiger partial charge in [-0.2, -0.15) is 0 Å². The first kappa shape index (κ1) is 23.6. The number of likely N-dealkylation sites (tertiary alicyclic amines) is 1. The van der Waals surface area contributed by atoms with Crippen molar-refractivity contribution in [2.24, 2.45) is 0 Å². The first-order chi connectivity index (χ1) is 15.9. The van der Waals surface area contributed by atoms with Crippen molar-refractivity contribution >= 4 is 22.6 Å². The van der Waals surface area contributed by atoms with Gasteiger partial charge in [0.15, 0.2) is 12.2 Å². The Morgan fingerprint density at radius 1 is 1.24 bits per heavy atom. The first-order valence-corrected chi connectivity index (χ1v) is 11.3. The SMILES string of the molecule is COCCOCOc1cc(O)c2c(=O)cc(-c3ccccc3Cl)oc2c1C1CCN(C)C1C. The van der Waals surface area contributed by atoms with E-state index < -0.39 is 0 Å². The van der Waals surface area contributed by atoms with E-state index in [1.54, 1.807) is 19.2 Å². The second-order valence-corrected chi connectivity index (χ2v) is 8.65. The highest BCUT2D eigenvalue weighted by molar-refractivity contribution is 6.33. The molecule has 2 unspecified atom stereocenters. The predicted molar refractivity (Wildman–Crippen MR) is 127 cm³/mol. The van der Waals surface area contributed by atoms with Crippen molar-refractivity contribution in [3.8, 4) is 22.8 Å². The molecular weight excluding hydrogens is 446 g/mol. The molecule has 0 aliphatic carbocycles. The first-order valence-electron chi connectivity index (χ1n) is 10.9. The summed E-state index contributed by atoms with van der Waals surface area (Å²) in [6.45, 7) is 3.82. The number of ether oxygens (including phenoxy) is 3. The van der Waals surface area contributed by atoms with Gasteiger partial charge >= 0.3 is 0 Å². The predicted octanol–water partition coefficient (Wildman–Crippen LogP) is 4.63. The summed E-state index contributed by atoms with van der Waals surface area (Å²) in [6, 6.07) is 10.2. The fraction of sp³-hybridized carbons (Fsp3) is 0.400. The smallest absolute Gasteiger partial charge is 0.197 e. The molecule has 4 rings (SSSR count). The van der Waals surface area contributed by atoms with Crippen LogP contribution >= 0.6 is 11.6 Å². The molecule has 1 aromatic heterocycles. The van der Waals surface area contributed by atoms with Gasteiger partial charge in [0.2, 0.25) is 0 Å². The summed E-state index contributed by atoms with van der Waals surface area (Å²) in [7, 11) is 3.66. The fourth-order valence-corrected chi connectivity index (χ4v) is 4.59. The lowest BCUT2D eigenvalue weighted by atomic mass is 9.89. The molecule has 0 amide bonds. The number of aromatic hydroxyl groups is 1. The lowest BCUT2D eigenvalue weighted by Gasteiger charge is -2.24. The monoisotopic (exact) mass is 473 g/mol. The van der Waals surface area contributed by atoms with Crippen molar-refractivity contribution in [3.63, 3.8) is 0 Å². The third-order valence-corrected chi connectivity index (χ3v) is 6.62. The second-order valence-electron chi connectivity index (χ2n) is 8.25. The second kappa shape index (κ2) is 10.1. The summed E-state index contributed by atoms with van der Waals surface area (Å²) in [5, 5.41) is 11.3. The van der Waals surface area contributed by atoms with Crippen LogP contribution in [-0.2, 0) is 9.47 Å². The molecule has 1 N–H and O–H groups in total. The summed E-state index contributed by atoms with van der Waals surface area (Å²) in [5.74, 6) is 0.617. The normalized spacial score (nSPS) is 18.8. The number of nitrogens with zero attached hydrogens (tertiary/aromatic N) is 1. The summed E-state index contributed by atoms with van der Waals surface area (Å²) in [4.78, 5) is 15.4. The van der Waals surface area contributed by atoms with Gasteiger partial charge in [0.1, 0.15) is 28.2 Å². The third-order valence-electron chi connectivity index (χ3n) is 6.29. The van der Waals surface area contributed by atoms with Crippen LogP contribution in [0.4, 0.5) is 0 Å². The maximum Gasteiger partial charge on any atom is 0.197 e. The number of benzene rings is 2. The maximum absolute atomic E-state index is 13.1. The van der Waals surface area contributed by atoms with Crippen LogP contribution < -0.4 is 10.2 Å². The molecule has 33 heavy (non-hydrogen) atoms. The number of halogens is 1. The van der Waals surface area contributed by atoms with E-state index in [1.165, 1.54) is 12.1 Å². The molecule has 2 aromatic carbocycles. The molecule has 2 atom stereocenters. The van der Waals surface area contributed by atoms with Crippen LogP contribution in [0.15, 0.2) is 45.6 Å². The number of methoxy groups -OCH3 is 1. The van der Waals surface area contributed by atoms with E-state index >= 15 is 0 Å². The van der Waals surface area contributed by atoms with Gasteiger partial charge in [0.05, 0.1) is 18.2 Å². The number of phenols is 1. The van der Waals surface area contributed by atoms with Crippen molar-refractivity contribution < 1.29 is 23.7 Å². The average molecular weight is 474 g/mol. The number of phenolic OH excluding ortho intramolecular Hbond substituents is 1. The Labute approximate surface area is 197 Å². The largest absolute Gasteiger partial charge is 0.507 e. The topological polar surface area (TPSA) is 81.4 Å². The Bertz CT molecular complexity index is 1190. The van der Waals surface area contributed by atoms with Gasteiger partial charge in [-0.1, -0.05) is 23.7 Å². The molecule has 0 saturated carbocycles. The molecule has 7 nitrogen and oxygen atoms in total. The number of hydrogen-bond acceptors (Lipinski definition) is 7. The minimum atomic E-state index is -0.341. The van der Waals surface area contributed by atoms with Crippen molar-refractivity contribution in [2.45, 2.75) is 25.3 Å². The van der Waals surface area contributed by atoms with Crippen LogP contribution in [0.3, 0.4) is 0 Å². The number of fused-ring (bicyclic) bond motifs is 1. The highest BCUT2D eigenvalue weighted by Crippen LogP contribution is 2.45. The van der Waals surface area contributed by atoms with Crippen molar-refractivity contribution in [3.05, 3.63) is 57.2 Å². The number of rotatable bonds is 8. The van der Waals surface area contributed by atoms with Gasteiger partial charge in [-0.3, -0.25) is 4.79 Å². The molecule has 3 aromatic rings. The minimum absolute atomic E-state index is 0.0211. The summed E-state index contributed by atoms with van der Waals surface area (Å²) in [6.07, 6.45) is 0.860. The molecule has 176 valence electrons. The van der Waals surface area contributed by atoms with E-state index in [0.717, 1.165) is 18.5 Å². The Hall–Kier alpha value is -2.58. The van der Waals surface area contributed by atoms with Crippen LogP contribution in [0.1, 0.15) is 24.8 Å². The maximum atomic E-state index is 13.1. The summed E-state index contributed by atoms with van der Waals surface area (Å²) < 4.78 is 22.7. The van der Waals surface area contributed by atoms with Crippen LogP contribution in [0.2, 0.25) is 5.02 Å². The molecule has 0 spiro atoms. The highest BCUT2D eigenvalue weighted by Gasteiger charge is 2.35. The Morgan fingerprint density at radius 2 is 2.03 bits per heavy atom. The van der Waals surface area contributed by atoms with Gasteiger partial charge in [-0.25, -0.2) is 0 Å². The van der Waals surface area contributed by atoms with Gasteiger partial charge in [-0.05, 0) is 39.1 Å². The standard InChI is InChI=1S/C25H28ClNO6/c1-15-16(8-9-27(15)2)23-22(32-14-31-11-10-30-3)13-20(29)24-19(28)12-21(33-25(23)24)17-6-4-5-7-18(17)26/h4-7,12-13,15-16,29H,8-11,14H2,1-3H3. The summed E-state index contributed by atoms with van der Waals surface area (Å²) >= 11 is 6.37. The third kappa shape index (κ3) is 4.73. The molecule has 1 aliphatic heterocycles. The van der Waals surface area contributed by atoms with Crippen LogP contribution in [0.25, 0.3) is 22.3 Å². The van der Waals surface area contributed by atoms with Crippen molar-refractivity contribution in [1.82, 2.24) is 4.90 Å². The Morgan fingerprint density at radius 3 is 2.73 bits per heavy atom. The van der Waals surface area contributed by atoms with Gasteiger partial charge in [0.25, 0.3) is 0 Å². The van der Waals surface area contributed by atoms with E-state index in [2.05, 4.69) is 18.9 Å². The van der Waals surface area contributed by atoms with E-state index in [9.17, 15) is 9.90 Å². The molecule has 1 fully saturated rings. The lowest BCUT2D eigenvalue weighted by molar-refractivity contribution is -0.00907. The molecule has 1 aliphatic rings. The van der Waals surface area contributed by atoms with Gasteiger partial charge < -0.3 is 28.6 Å². The molecule has 2 heterocycles. The highest BCUT2D eigenvalue weighted by atomic mass is 35.5. The van der Waals surface area contributed by atoms with Crippen LogP contribution in [-0.4, -0.2) is 56.8 Å².